The fourth-order valence-corrected chi connectivity index (χ4v) is 2.50. The summed E-state index contributed by atoms with van der Waals surface area (Å²) in [5, 5.41) is 12.3. The summed E-state index contributed by atoms with van der Waals surface area (Å²) in [5.41, 5.74) is 2.69. The first-order valence-electron chi connectivity index (χ1n) is 6.23. The molecule has 3 heteroatoms. The van der Waals surface area contributed by atoms with Gasteiger partial charge in [0.25, 0.3) is 0 Å². The van der Waals surface area contributed by atoms with E-state index < -0.39 is 0 Å². The van der Waals surface area contributed by atoms with Crippen LogP contribution >= 0.6 is 0 Å². The van der Waals surface area contributed by atoms with Gasteiger partial charge in [-0.3, -0.25) is 0 Å². The van der Waals surface area contributed by atoms with Gasteiger partial charge in [-0.15, -0.1) is 0 Å². The molecule has 2 atom stereocenters. The van der Waals surface area contributed by atoms with Crippen molar-refractivity contribution in [3.63, 3.8) is 0 Å². The van der Waals surface area contributed by atoms with Crippen molar-refractivity contribution in [3.05, 3.63) is 29.8 Å². The number of anilines is 1. The molecule has 0 saturated heterocycles. The number of likely N-dealkylation sites (N-methyl/N-ethyl adjacent to an activating group) is 1. The lowest BCUT2D eigenvalue weighted by Crippen LogP contribution is -2.42. The number of benzene rings is 1. The van der Waals surface area contributed by atoms with E-state index in [-0.39, 0.29) is 6.04 Å². The van der Waals surface area contributed by atoms with Crippen LogP contribution < -0.4 is 10.2 Å². The van der Waals surface area contributed by atoms with Crippen molar-refractivity contribution < 1.29 is 0 Å². The van der Waals surface area contributed by atoms with Crippen LogP contribution in [0, 0.1) is 11.3 Å². The molecule has 2 unspecified atom stereocenters. The van der Waals surface area contributed by atoms with E-state index in [1.165, 1.54) is 11.3 Å². The van der Waals surface area contributed by atoms with Crippen LogP contribution in [0.15, 0.2) is 24.3 Å². The Morgan fingerprint density at radius 1 is 1.53 bits per heavy atom. The third kappa shape index (κ3) is 2.42. The number of nitriles is 1. The van der Waals surface area contributed by atoms with Crippen LogP contribution in [0.3, 0.4) is 0 Å². The average molecular weight is 229 g/mol. The van der Waals surface area contributed by atoms with Crippen LogP contribution in [0.2, 0.25) is 0 Å². The minimum Gasteiger partial charge on any atom is -0.366 e. The molecule has 0 radical (unpaired) electrons. The summed E-state index contributed by atoms with van der Waals surface area (Å²) in [7, 11) is 0. The molecule has 0 saturated carbocycles. The number of rotatable bonds is 4. The second kappa shape index (κ2) is 5.20. The predicted octanol–water partition coefficient (Wildman–Crippen LogP) is 1.94. The van der Waals surface area contributed by atoms with E-state index in [1.54, 1.807) is 0 Å². The Balaban J connectivity index is 2.14. The van der Waals surface area contributed by atoms with Crippen molar-refractivity contribution in [3.8, 4) is 6.07 Å². The van der Waals surface area contributed by atoms with Crippen LogP contribution in [0.5, 0.6) is 0 Å². The minimum atomic E-state index is -0.0893. The van der Waals surface area contributed by atoms with Gasteiger partial charge >= 0.3 is 0 Å². The molecule has 0 aromatic heterocycles. The van der Waals surface area contributed by atoms with E-state index in [0.29, 0.717) is 6.04 Å². The molecule has 0 bridgehead atoms. The zero-order valence-electron chi connectivity index (χ0n) is 10.5. The molecule has 0 fully saturated rings. The smallest absolute Gasteiger partial charge is 0.113 e. The third-order valence-electron chi connectivity index (χ3n) is 3.33. The molecule has 3 nitrogen and oxygen atoms in total. The first kappa shape index (κ1) is 11.9. The summed E-state index contributed by atoms with van der Waals surface area (Å²) in [4.78, 5) is 2.34. The molecule has 1 N–H and O–H groups in total. The molecule has 0 spiro atoms. The molecule has 0 amide bonds. The molecular weight excluding hydrogens is 210 g/mol. The first-order chi connectivity index (χ1) is 8.26. The Hall–Kier alpha value is -1.53. The fourth-order valence-electron chi connectivity index (χ4n) is 2.50. The topological polar surface area (TPSA) is 39.1 Å². The minimum absolute atomic E-state index is 0.0893. The summed E-state index contributed by atoms with van der Waals surface area (Å²) in [6.45, 7) is 5.86. The molecule has 1 aromatic carbocycles. The Morgan fingerprint density at radius 3 is 3.00 bits per heavy atom. The van der Waals surface area contributed by atoms with Crippen molar-refractivity contribution >= 4 is 5.69 Å². The molecule has 1 heterocycles. The summed E-state index contributed by atoms with van der Waals surface area (Å²) >= 11 is 0. The molecule has 2 rings (SSSR count). The molecule has 1 aliphatic heterocycles. The predicted molar refractivity (Wildman–Crippen MR) is 70.0 cm³/mol. The van der Waals surface area contributed by atoms with E-state index in [0.717, 1.165) is 19.5 Å². The zero-order valence-corrected chi connectivity index (χ0v) is 10.5. The molecular formula is C14H19N3. The van der Waals surface area contributed by atoms with E-state index in [9.17, 15) is 0 Å². The molecule has 0 aliphatic carbocycles. The monoisotopic (exact) mass is 229 g/mol. The number of hydrogen-bond donors (Lipinski definition) is 1. The highest BCUT2D eigenvalue weighted by Gasteiger charge is 2.27. The van der Waals surface area contributed by atoms with E-state index in [4.69, 9.17) is 5.26 Å². The van der Waals surface area contributed by atoms with Crippen molar-refractivity contribution in [1.29, 1.82) is 5.26 Å². The number of nitrogens with one attached hydrogen (secondary N) is 1. The van der Waals surface area contributed by atoms with Crippen molar-refractivity contribution in [2.75, 3.05) is 18.0 Å². The standard InChI is InChI=1S/C14H19N3/c1-3-16-13(9-15)10-17-11(2)8-12-6-4-5-7-14(12)17/h4-7,11,13,16H,3,8,10H2,1-2H3. The Bertz CT molecular complexity index is 422. The summed E-state index contributed by atoms with van der Waals surface area (Å²) in [6.07, 6.45) is 1.08. The number of para-hydroxylation sites is 1. The van der Waals surface area contributed by atoms with Crippen LogP contribution in [-0.2, 0) is 6.42 Å². The van der Waals surface area contributed by atoms with Gasteiger partial charge in [-0.2, -0.15) is 5.26 Å². The molecule has 90 valence electrons. The van der Waals surface area contributed by atoms with Gasteiger partial charge < -0.3 is 10.2 Å². The van der Waals surface area contributed by atoms with Gasteiger partial charge in [-0.05, 0) is 31.5 Å². The van der Waals surface area contributed by atoms with Crippen molar-refractivity contribution in [1.82, 2.24) is 5.32 Å². The summed E-state index contributed by atoms with van der Waals surface area (Å²) in [6, 6.07) is 11.2. The highest BCUT2D eigenvalue weighted by Crippen LogP contribution is 2.31. The van der Waals surface area contributed by atoms with Gasteiger partial charge in [0.2, 0.25) is 0 Å². The highest BCUT2D eigenvalue weighted by atomic mass is 15.2. The van der Waals surface area contributed by atoms with Gasteiger partial charge in [0.05, 0.1) is 6.07 Å². The normalized spacial score (nSPS) is 19.8. The molecule has 17 heavy (non-hydrogen) atoms. The van der Waals surface area contributed by atoms with E-state index in [2.05, 4.69) is 47.5 Å². The number of hydrogen-bond acceptors (Lipinski definition) is 3. The average Bonchev–Trinajstić information content (AvgIpc) is 2.65. The van der Waals surface area contributed by atoms with Gasteiger partial charge in [0, 0.05) is 18.3 Å². The fraction of sp³-hybridized carbons (Fsp3) is 0.500. The summed E-state index contributed by atoms with van der Waals surface area (Å²) < 4.78 is 0. The van der Waals surface area contributed by atoms with Gasteiger partial charge in [-0.25, -0.2) is 0 Å². The highest BCUT2D eigenvalue weighted by molar-refractivity contribution is 5.59. The lowest BCUT2D eigenvalue weighted by atomic mass is 10.1. The lowest BCUT2D eigenvalue weighted by Gasteiger charge is -2.27. The van der Waals surface area contributed by atoms with Crippen LogP contribution in [0.1, 0.15) is 19.4 Å². The first-order valence-corrected chi connectivity index (χ1v) is 6.23. The zero-order chi connectivity index (χ0) is 12.3. The second-order valence-electron chi connectivity index (χ2n) is 4.57. The third-order valence-corrected chi connectivity index (χ3v) is 3.33. The Kier molecular flexibility index (Phi) is 3.65. The molecule has 1 aromatic rings. The van der Waals surface area contributed by atoms with E-state index in [1.807, 2.05) is 6.92 Å². The van der Waals surface area contributed by atoms with Gasteiger partial charge in [-0.1, -0.05) is 25.1 Å². The maximum Gasteiger partial charge on any atom is 0.113 e. The lowest BCUT2D eigenvalue weighted by molar-refractivity contribution is 0.572. The maximum absolute atomic E-state index is 9.11. The van der Waals surface area contributed by atoms with Gasteiger partial charge in [0.1, 0.15) is 6.04 Å². The van der Waals surface area contributed by atoms with E-state index >= 15 is 0 Å². The Morgan fingerprint density at radius 2 is 2.29 bits per heavy atom. The quantitative estimate of drug-likeness (QED) is 0.857. The maximum atomic E-state index is 9.11. The van der Waals surface area contributed by atoms with Crippen molar-refractivity contribution in [2.45, 2.75) is 32.4 Å². The summed E-state index contributed by atoms with van der Waals surface area (Å²) in [5.74, 6) is 0. The number of nitrogens with zero attached hydrogens (tertiary/aromatic N) is 2. The van der Waals surface area contributed by atoms with Gasteiger partial charge in [0.15, 0.2) is 0 Å². The van der Waals surface area contributed by atoms with Crippen LogP contribution in [-0.4, -0.2) is 25.2 Å². The largest absolute Gasteiger partial charge is 0.366 e. The second-order valence-corrected chi connectivity index (χ2v) is 4.57. The number of fused-ring (bicyclic) bond motifs is 1. The van der Waals surface area contributed by atoms with Crippen LogP contribution in [0.25, 0.3) is 0 Å². The molecule has 1 aliphatic rings. The van der Waals surface area contributed by atoms with Crippen LogP contribution in [0.4, 0.5) is 5.69 Å². The SMILES string of the molecule is CCNC(C#N)CN1c2ccccc2CC1C. The van der Waals surface area contributed by atoms with Crippen molar-refractivity contribution in [2.24, 2.45) is 0 Å². The Labute approximate surface area is 103 Å².